The largest absolute Gasteiger partial charge is 0.490 e. The van der Waals surface area contributed by atoms with Crippen molar-refractivity contribution < 1.29 is 23.9 Å². The Morgan fingerprint density at radius 1 is 1.06 bits per heavy atom. The molecule has 184 valence electrons. The Morgan fingerprint density at radius 3 is 2.50 bits per heavy atom. The summed E-state index contributed by atoms with van der Waals surface area (Å²) in [6.07, 6.45) is 1.48. The molecular weight excluding hydrogens is 507 g/mol. The van der Waals surface area contributed by atoms with E-state index in [2.05, 4.69) is 4.99 Å². The first-order chi connectivity index (χ1) is 17.2. The van der Waals surface area contributed by atoms with Gasteiger partial charge >= 0.3 is 5.97 Å². The summed E-state index contributed by atoms with van der Waals surface area (Å²) in [5.41, 5.74) is 2.58. The summed E-state index contributed by atoms with van der Waals surface area (Å²) in [7, 11) is 0. The van der Waals surface area contributed by atoms with Gasteiger partial charge in [0.1, 0.15) is 11.6 Å². The molecule has 1 aliphatic heterocycles. The molecule has 0 aliphatic carbocycles. The second-order valence-electron chi connectivity index (χ2n) is 7.80. The molecule has 0 bridgehead atoms. The highest BCUT2D eigenvalue weighted by Gasteiger charge is 2.26. The molecule has 0 saturated carbocycles. The number of hydrogen-bond donors (Lipinski definition) is 0. The van der Waals surface area contributed by atoms with Gasteiger partial charge in [0.05, 0.1) is 16.6 Å². The van der Waals surface area contributed by atoms with E-state index in [1.165, 1.54) is 24.3 Å². The molecule has 0 unspecified atom stereocenters. The van der Waals surface area contributed by atoms with Crippen molar-refractivity contribution >= 4 is 46.8 Å². The minimum atomic E-state index is -0.712. The Balaban J connectivity index is 1.62. The minimum Gasteiger partial charge on any atom is -0.490 e. The van der Waals surface area contributed by atoms with Crippen LogP contribution in [0.2, 0.25) is 10.0 Å². The third kappa shape index (κ3) is 5.67. The van der Waals surface area contributed by atoms with Gasteiger partial charge in [0.15, 0.2) is 17.2 Å². The maximum Gasteiger partial charge on any atom is 0.363 e. The fourth-order valence-corrected chi connectivity index (χ4v) is 3.85. The lowest BCUT2D eigenvalue weighted by molar-refractivity contribution is -0.384. The normalized spacial score (nSPS) is 13.9. The first kappa shape index (κ1) is 25.2. The number of halogens is 2. The predicted molar refractivity (Wildman–Crippen MR) is 137 cm³/mol. The van der Waals surface area contributed by atoms with E-state index < -0.39 is 10.9 Å². The van der Waals surface area contributed by atoms with Crippen molar-refractivity contribution in [3.8, 4) is 11.5 Å². The second-order valence-corrected chi connectivity index (χ2v) is 8.61. The number of aliphatic imine (C=N–C) groups is 1. The molecule has 0 saturated heterocycles. The van der Waals surface area contributed by atoms with Gasteiger partial charge in [0, 0.05) is 11.6 Å². The van der Waals surface area contributed by atoms with Crippen LogP contribution < -0.4 is 9.47 Å². The molecule has 3 aromatic carbocycles. The topological polar surface area (TPSA) is 100 Å². The smallest absolute Gasteiger partial charge is 0.363 e. The van der Waals surface area contributed by atoms with E-state index in [1.807, 2.05) is 38.1 Å². The van der Waals surface area contributed by atoms with Gasteiger partial charge in [0.25, 0.3) is 5.69 Å². The van der Waals surface area contributed by atoms with E-state index in [0.29, 0.717) is 35.3 Å². The fraction of sp³-hybridized carbons (Fsp3) is 0.154. The molecule has 4 rings (SSSR count). The average Bonchev–Trinajstić information content (AvgIpc) is 3.20. The quantitative estimate of drug-likeness (QED) is 0.143. The molecule has 1 aliphatic rings. The van der Waals surface area contributed by atoms with Crippen LogP contribution in [0.25, 0.3) is 6.08 Å². The van der Waals surface area contributed by atoms with Gasteiger partial charge < -0.3 is 14.2 Å². The molecule has 3 aromatic rings. The zero-order valence-corrected chi connectivity index (χ0v) is 20.8. The lowest BCUT2D eigenvalue weighted by Gasteiger charge is -2.14. The summed E-state index contributed by atoms with van der Waals surface area (Å²) in [5, 5.41) is 11.4. The Labute approximate surface area is 216 Å². The van der Waals surface area contributed by atoms with Crippen LogP contribution in [0.5, 0.6) is 11.5 Å². The molecule has 0 atom stereocenters. The number of rotatable bonds is 8. The molecule has 0 spiro atoms. The maximum absolute atomic E-state index is 12.4. The average molecular weight is 527 g/mol. The SMILES string of the molecule is CCOc1cc(/C=C2\N=C(c3ccc(Cl)c([N+](=O)[O-])c3)OC2=O)cc(Cl)c1OCc1ccc(C)cc1. The summed E-state index contributed by atoms with van der Waals surface area (Å²) in [6, 6.07) is 15.3. The molecule has 0 amide bonds. The van der Waals surface area contributed by atoms with E-state index in [1.54, 1.807) is 12.1 Å². The third-order valence-electron chi connectivity index (χ3n) is 5.15. The van der Waals surface area contributed by atoms with Gasteiger partial charge in [-0.3, -0.25) is 10.1 Å². The van der Waals surface area contributed by atoms with Crippen LogP contribution in [0.1, 0.15) is 29.2 Å². The summed E-state index contributed by atoms with van der Waals surface area (Å²) in [5.74, 6) is 0.0114. The number of esters is 1. The van der Waals surface area contributed by atoms with Crippen LogP contribution >= 0.6 is 23.2 Å². The molecule has 1 heterocycles. The van der Waals surface area contributed by atoms with E-state index >= 15 is 0 Å². The maximum atomic E-state index is 12.4. The van der Waals surface area contributed by atoms with Crippen molar-refractivity contribution in [1.29, 1.82) is 0 Å². The van der Waals surface area contributed by atoms with Crippen LogP contribution in [0.4, 0.5) is 5.69 Å². The number of nitro benzene ring substituents is 1. The number of ether oxygens (including phenoxy) is 3. The van der Waals surface area contributed by atoms with Gasteiger partial charge in [-0.05, 0) is 55.3 Å². The number of cyclic esters (lactones) is 1. The number of aryl methyl sites for hydroxylation is 1. The van der Waals surface area contributed by atoms with Crippen molar-refractivity contribution in [1.82, 2.24) is 0 Å². The van der Waals surface area contributed by atoms with Crippen LogP contribution in [-0.4, -0.2) is 23.4 Å². The number of nitrogens with zero attached hydrogens (tertiary/aromatic N) is 2. The van der Waals surface area contributed by atoms with Crippen molar-refractivity contribution in [2.75, 3.05) is 6.61 Å². The van der Waals surface area contributed by atoms with E-state index in [0.717, 1.165) is 11.1 Å². The molecule has 0 fully saturated rings. The lowest BCUT2D eigenvalue weighted by Crippen LogP contribution is -2.06. The Bertz CT molecular complexity index is 1400. The lowest BCUT2D eigenvalue weighted by atomic mass is 10.1. The van der Waals surface area contributed by atoms with Crippen LogP contribution in [0, 0.1) is 17.0 Å². The highest BCUT2D eigenvalue weighted by atomic mass is 35.5. The van der Waals surface area contributed by atoms with Crippen LogP contribution in [0.3, 0.4) is 0 Å². The highest BCUT2D eigenvalue weighted by Crippen LogP contribution is 2.38. The first-order valence-electron chi connectivity index (χ1n) is 10.9. The molecule has 0 N–H and O–H groups in total. The van der Waals surface area contributed by atoms with E-state index in [9.17, 15) is 14.9 Å². The zero-order chi connectivity index (χ0) is 25.8. The standard InChI is InChI=1S/C26H20Cl2N2O6/c1-3-34-23-12-17(10-20(28)24(23)35-14-16-6-4-15(2)5-7-16)11-21-26(31)36-25(29-21)18-8-9-19(27)22(13-18)30(32)33/h4-13H,3,14H2,1-2H3/b21-11-. The number of carbonyl (C=O) groups excluding carboxylic acids is 1. The van der Waals surface area contributed by atoms with Crippen LogP contribution in [0.15, 0.2) is 65.3 Å². The fourth-order valence-electron chi connectivity index (χ4n) is 3.39. The number of nitro groups is 1. The summed E-state index contributed by atoms with van der Waals surface area (Å²) in [6.45, 7) is 4.51. The van der Waals surface area contributed by atoms with E-state index in [-0.39, 0.29) is 27.9 Å². The molecule has 10 heteroatoms. The Kier molecular flexibility index (Phi) is 7.57. The van der Waals surface area contributed by atoms with Crippen LogP contribution in [-0.2, 0) is 16.1 Å². The monoisotopic (exact) mass is 526 g/mol. The van der Waals surface area contributed by atoms with Gasteiger partial charge in [-0.2, -0.15) is 0 Å². The number of hydrogen-bond acceptors (Lipinski definition) is 7. The van der Waals surface area contributed by atoms with E-state index in [4.69, 9.17) is 37.4 Å². The number of carbonyl (C=O) groups is 1. The number of benzene rings is 3. The van der Waals surface area contributed by atoms with Gasteiger partial charge in [-0.1, -0.05) is 53.0 Å². The molecule has 36 heavy (non-hydrogen) atoms. The zero-order valence-electron chi connectivity index (χ0n) is 19.3. The molecule has 8 nitrogen and oxygen atoms in total. The van der Waals surface area contributed by atoms with Crippen molar-refractivity contribution in [3.63, 3.8) is 0 Å². The Morgan fingerprint density at radius 2 is 1.81 bits per heavy atom. The second kappa shape index (κ2) is 10.8. The minimum absolute atomic E-state index is 0.00515. The summed E-state index contributed by atoms with van der Waals surface area (Å²) >= 11 is 12.4. The van der Waals surface area contributed by atoms with Crippen molar-refractivity contribution in [2.45, 2.75) is 20.5 Å². The molecular formula is C26H20Cl2N2O6. The van der Waals surface area contributed by atoms with Gasteiger partial charge in [-0.25, -0.2) is 9.79 Å². The first-order valence-corrected chi connectivity index (χ1v) is 11.6. The van der Waals surface area contributed by atoms with Crippen molar-refractivity contribution in [3.05, 3.63) is 103 Å². The summed E-state index contributed by atoms with van der Waals surface area (Å²) < 4.78 is 16.9. The molecule has 0 aromatic heterocycles. The van der Waals surface area contributed by atoms with Crippen molar-refractivity contribution in [2.24, 2.45) is 4.99 Å². The van der Waals surface area contributed by atoms with Gasteiger partial charge in [0.2, 0.25) is 5.90 Å². The summed E-state index contributed by atoms with van der Waals surface area (Å²) in [4.78, 5) is 27.2. The highest BCUT2D eigenvalue weighted by molar-refractivity contribution is 6.33. The Hall–Kier alpha value is -3.88. The molecule has 0 radical (unpaired) electrons. The predicted octanol–water partition coefficient (Wildman–Crippen LogP) is 6.53. The third-order valence-corrected chi connectivity index (χ3v) is 5.75. The van der Waals surface area contributed by atoms with Gasteiger partial charge in [-0.15, -0.1) is 0 Å².